The fraction of sp³-hybridized carbons (Fsp3) is 0.517. The number of aliphatic hydroxyl groups is 1. The molecule has 0 saturated carbocycles. The normalized spacial score (nSPS) is 25.9. The van der Waals surface area contributed by atoms with Gasteiger partial charge in [0.15, 0.2) is 0 Å². The molecule has 4 atom stereocenters. The van der Waals surface area contributed by atoms with Crippen molar-refractivity contribution < 1.29 is 46.1 Å². The lowest BCUT2D eigenvalue weighted by Crippen LogP contribution is -2.54. The predicted molar refractivity (Wildman–Crippen MR) is 145 cm³/mol. The molecule has 43 heavy (non-hydrogen) atoms. The molecule has 0 radical (unpaired) electrons. The van der Waals surface area contributed by atoms with Gasteiger partial charge in [-0.3, -0.25) is 19.4 Å². The number of nitrogens with one attached hydrogen (secondary N) is 2. The number of likely N-dealkylation sites (tertiary alicyclic amines) is 1. The van der Waals surface area contributed by atoms with Gasteiger partial charge in [-0.25, -0.2) is 8.78 Å². The Bertz CT molecular complexity index is 1330. The number of fused-ring (bicyclic) bond motifs is 2. The number of amides is 2. The third kappa shape index (κ3) is 7.43. The Balaban J connectivity index is 1.18. The molecule has 2 saturated heterocycles. The first kappa shape index (κ1) is 31.1. The number of hydrogen-bond donors (Lipinski definition) is 3. The van der Waals surface area contributed by atoms with Gasteiger partial charge < -0.3 is 25.2 Å². The lowest BCUT2D eigenvalue weighted by atomic mass is 9.95. The average Bonchev–Trinajstić information content (AvgIpc) is 3.31. The van der Waals surface area contributed by atoms with E-state index in [1.165, 1.54) is 4.90 Å². The molecule has 234 valence electrons. The Labute approximate surface area is 244 Å². The molecule has 0 aliphatic carbocycles. The number of rotatable bonds is 6. The third-order valence-corrected chi connectivity index (χ3v) is 8.06. The van der Waals surface area contributed by atoms with Crippen LogP contribution in [0.2, 0.25) is 0 Å². The molecule has 2 amide bonds. The van der Waals surface area contributed by atoms with Gasteiger partial charge in [0.25, 0.3) is 11.8 Å². The molecule has 9 nitrogen and oxygen atoms in total. The van der Waals surface area contributed by atoms with Crippen LogP contribution in [0.25, 0.3) is 0 Å². The highest BCUT2D eigenvalue weighted by Gasteiger charge is 2.40. The molecule has 1 unspecified atom stereocenters. The lowest BCUT2D eigenvalue weighted by molar-refractivity contribution is -0.144. The number of likely N-dealkylation sites (N-methyl/N-ethyl adjacent to an activating group) is 1. The number of aliphatic hydroxyl groups excluding tert-OH is 1. The number of ether oxygens (including phenoxy) is 2. The Hall–Kier alpha value is -3.33. The summed E-state index contributed by atoms with van der Waals surface area (Å²) in [5.41, 5.74) is -0.0980. The van der Waals surface area contributed by atoms with Gasteiger partial charge in [-0.15, -0.1) is 0 Å². The van der Waals surface area contributed by atoms with E-state index in [0.29, 0.717) is 29.8 Å². The van der Waals surface area contributed by atoms with E-state index in [1.54, 1.807) is 30.1 Å². The van der Waals surface area contributed by atoms with E-state index in [-0.39, 0.29) is 56.3 Å². The molecule has 14 heteroatoms. The van der Waals surface area contributed by atoms with Crippen LogP contribution in [0.3, 0.4) is 0 Å². The van der Waals surface area contributed by atoms with Crippen LogP contribution in [0.1, 0.15) is 47.0 Å². The lowest BCUT2D eigenvalue weighted by Gasteiger charge is -2.44. The molecular weight excluding hydrogens is 579 g/mol. The molecular formula is C29H33F5N4O5. The minimum Gasteiger partial charge on any atom is -0.490 e. The summed E-state index contributed by atoms with van der Waals surface area (Å²) in [6, 6.07) is 8.31. The molecule has 2 fully saturated rings. The molecule has 0 bridgehead atoms. The van der Waals surface area contributed by atoms with Crippen molar-refractivity contribution in [3.05, 3.63) is 59.2 Å². The molecule has 5 rings (SSSR count). The fourth-order valence-corrected chi connectivity index (χ4v) is 5.69. The SMILES string of the molecule is CN1C(O)c2cc(NC(=O)c3ccc(C(F)(F)F)cc3)ccc2OC[C@@H]2O[C@H](CNC(=O)CN3CCC(F)(F)C3)CC[C@@H]21. The summed E-state index contributed by atoms with van der Waals surface area (Å²) in [5.74, 6) is -3.35. The molecule has 3 heterocycles. The molecule has 3 aliphatic rings. The van der Waals surface area contributed by atoms with Crippen molar-refractivity contribution in [3.8, 4) is 5.75 Å². The van der Waals surface area contributed by atoms with Crippen molar-refractivity contribution in [1.29, 1.82) is 0 Å². The monoisotopic (exact) mass is 612 g/mol. The van der Waals surface area contributed by atoms with E-state index in [2.05, 4.69) is 10.6 Å². The first-order valence-electron chi connectivity index (χ1n) is 14.0. The van der Waals surface area contributed by atoms with Crippen LogP contribution in [-0.4, -0.2) is 90.7 Å². The molecule has 0 spiro atoms. The number of nitrogens with zero attached hydrogens (tertiary/aromatic N) is 2. The number of carbonyl (C=O) groups excluding carboxylic acids is 2. The maximum atomic E-state index is 13.4. The van der Waals surface area contributed by atoms with Gasteiger partial charge in [-0.05, 0) is 62.4 Å². The van der Waals surface area contributed by atoms with E-state index < -0.39 is 42.4 Å². The molecule has 3 aliphatic heterocycles. The number of anilines is 1. The van der Waals surface area contributed by atoms with Gasteiger partial charge in [0.1, 0.15) is 24.7 Å². The zero-order valence-corrected chi connectivity index (χ0v) is 23.4. The zero-order chi connectivity index (χ0) is 30.9. The van der Waals surface area contributed by atoms with E-state index in [1.807, 2.05) is 0 Å². The number of carbonyl (C=O) groups is 2. The Kier molecular flexibility index (Phi) is 8.93. The Morgan fingerprint density at radius 3 is 2.53 bits per heavy atom. The molecule has 3 N–H and O–H groups in total. The summed E-state index contributed by atoms with van der Waals surface area (Å²) in [7, 11) is 1.74. The molecule has 0 aromatic heterocycles. The Morgan fingerprint density at radius 1 is 1.12 bits per heavy atom. The quantitative estimate of drug-likeness (QED) is 0.428. The second kappa shape index (κ2) is 12.3. The van der Waals surface area contributed by atoms with Crippen LogP contribution < -0.4 is 15.4 Å². The summed E-state index contributed by atoms with van der Waals surface area (Å²) in [5, 5.41) is 16.6. The van der Waals surface area contributed by atoms with Crippen LogP contribution >= 0.6 is 0 Å². The summed E-state index contributed by atoms with van der Waals surface area (Å²) in [6.45, 7) is 0.0155. The number of hydrogen-bond acceptors (Lipinski definition) is 7. The van der Waals surface area contributed by atoms with Gasteiger partial charge in [-0.2, -0.15) is 13.2 Å². The first-order valence-corrected chi connectivity index (χ1v) is 14.0. The highest BCUT2D eigenvalue weighted by molar-refractivity contribution is 6.04. The van der Waals surface area contributed by atoms with E-state index in [4.69, 9.17) is 9.47 Å². The average molecular weight is 613 g/mol. The maximum absolute atomic E-state index is 13.4. The largest absolute Gasteiger partial charge is 0.490 e. The predicted octanol–water partition coefficient (Wildman–Crippen LogP) is 3.65. The standard InChI is InChI=1S/C29H33F5N4O5/c1-37-22-8-7-20(13-35-25(39)14-38-11-10-28(30,31)16-38)43-24(22)15-42-23-9-6-19(12-21(23)27(37)41)36-26(40)17-2-4-18(5-3-17)29(32,33)34/h2-6,9,12,20,22,24,27,41H,7-8,10-11,13-16H2,1H3,(H,35,39)(H,36,40)/t20-,22-,24-,27?/m0/s1. The van der Waals surface area contributed by atoms with Crippen LogP contribution in [0.4, 0.5) is 27.6 Å². The zero-order valence-electron chi connectivity index (χ0n) is 23.4. The summed E-state index contributed by atoms with van der Waals surface area (Å²) in [4.78, 5) is 28.1. The van der Waals surface area contributed by atoms with Crippen molar-refractivity contribution in [2.24, 2.45) is 0 Å². The van der Waals surface area contributed by atoms with E-state index >= 15 is 0 Å². The van der Waals surface area contributed by atoms with Crippen LogP contribution in [0.15, 0.2) is 42.5 Å². The van der Waals surface area contributed by atoms with E-state index in [9.17, 15) is 36.6 Å². The van der Waals surface area contributed by atoms with Gasteiger partial charge in [0, 0.05) is 42.4 Å². The summed E-state index contributed by atoms with van der Waals surface area (Å²) in [6.07, 6.45) is -5.43. The second-order valence-corrected chi connectivity index (χ2v) is 11.2. The molecule has 2 aromatic carbocycles. The number of benzene rings is 2. The highest BCUT2D eigenvalue weighted by atomic mass is 19.4. The third-order valence-electron chi connectivity index (χ3n) is 8.06. The number of halogens is 5. The van der Waals surface area contributed by atoms with Gasteiger partial charge in [0.2, 0.25) is 5.91 Å². The summed E-state index contributed by atoms with van der Waals surface area (Å²) >= 11 is 0. The van der Waals surface area contributed by atoms with Crippen molar-refractivity contribution in [1.82, 2.24) is 15.1 Å². The fourth-order valence-electron chi connectivity index (χ4n) is 5.69. The molecule has 2 aromatic rings. The topological polar surface area (TPSA) is 103 Å². The first-order chi connectivity index (χ1) is 20.3. The van der Waals surface area contributed by atoms with Gasteiger partial charge >= 0.3 is 6.18 Å². The van der Waals surface area contributed by atoms with Crippen molar-refractivity contribution in [2.75, 3.05) is 45.2 Å². The minimum absolute atomic E-state index is 0.0409. The second-order valence-electron chi connectivity index (χ2n) is 11.2. The van der Waals surface area contributed by atoms with Gasteiger partial charge in [-0.1, -0.05) is 0 Å². The van der Waals surface area contributed by atoms with Crippen LogP contribution in [-0.2, 0) is 15.7 Å². The smallest absolute Gasteiger partial charge is 0.416 e. The maximum Gasteiger partial charge on any atom is 0.416 e. The Morgan fingerprint density at radius 2 is 1.86 bits per heavy atom. The van der Waals surface area contributed by atoms with Crippen LogP contribution in [0, 0.1) is 0 Å². The van der Waals surface area contributed by atoms with Crippen LogP contribution in [0.5, 0.6) is 5.75 Å². The minimum atomic E-state index is -4.51. The van der Waals surface area contributed by atoms with E-state index in [0.717, 1.165) is 24.3 Å². The summed E-state index contributed by atoms with van der Waals surface area (Å²) < 4.78 is 77.5. The number of alkyl halides is 5. The highest BCUT2D eigenvalue weighted by Crippen LogP contribution is 2.37. The van der Waals surface area contributed by atoms with Crippen molar-refractivity contribution in [3.63, 3.8) is 0 Å². The van der Waals surface area contributed by atoms with Crippen molar-refractivity contribution >= 4 is 17.5 Å². The van der Waals surface area contributed by atoms with Crippen molar-refractivity contribution in [2.45, 2.75) is 55.8 Å². The van der Waals surface area contributed by atoms with Gasteiger partial charge in [0.05, 0.1) is 24.8 Å².